The van der Waals surface area contributed by atoms with E-state index < -0.39 is 0 Å². The minimum atomic E-state index is 0.867. The van der Waals surface area contributed by atoms with E-state index in [0.29, 0.717) is 0 Å². The highest BCUT2D eigenvalue weighted by Gasteiger charge is 2.33. The van der Waals surface area contributed by atoms with Gasteiger partial charge in [0.15, 0.2) is 0 Å². The maximum atomic E-state index is 2.50. The van der Waals surface area contributed by atoms with Crippen molar-refractivity contribution in [3.63, 3.8) is 0 Å². The molecule has 1 aliphatic rings. The quantitative estimate of drug-likeness (QED) is 0.509. The summed E-state index contributed by atoms with van der Waals surface area (Å²) in [6, 6.07) is 0. The van der Waals surface area contributed by atoms with Crippen molar-refractivity contribution in [2.75, 3.05) is 0 Å². The predicted molar refractivity (Wildman–Crippen MR) is 82.7 cm³/mol. The van der Waals surface area contributed by atoms with Crippen molar-refractivity contribution in [1.29, 1.82) is 0 Å². The molecule has 1 saturated carbocycles. The van der Waals surface area contributed by atoms with Crippen molar-refractivity contribution in [2.24, 2.45) is 35.5 Å². The topological polar surface area (TPSA) is 0 Å². The van der Waals surface area contributed by atoms with Gasteiger partial charge in [-0.25, -0.2) is 0 Å². The highest BCUT2D eigenvalue weighted by atomic mass is 14.4. The van der Waals surface area contributed by atoms with Crippen LogP contribution in [0, 0.1) is 35.5 Å². The van der Waals surface area contributed by atoms with Gasteiger partial charge in [0.25, 0.3) is 0 Å². The van der Waals surface area contributed by atoms with Gasteiger partial charge in [0.1, 0.15) is 0 Å². The van der Waals surface area contributed by atoms with Crippen molar-refractivity contribution in [1.82, 2.24) is 0 Å². The van der Waals surface area contributed by atoms with Crippen molar-refractivity contribution < 1.29 is 0 Å². The monoisotopic (exact) mass is 252 g/mol. The number of hydrogen-bond acceptors (Lipinski definition) is 0. The van der Waals surface area contributed by atoms with Gasteiger partial charge in [0.05, 0.1) is 0 Å². The molecule has 0 aromatic rings. The fraction of sp³-hybridized carbons (Fsp3) is 1.00. The molecule has 18 heavy (non-hydrogen) atoms. The van der Waals surface area contributed by atoms with E-state index in [1.54, 1.807) is 0 Å². The Morgan fingerprint density at radius 2 is 1.67 bits per heavy atom. The zero-order chi connectivity index (χ0) is 13.7. The van der Waals surface area contributed by atoms with Gasteiger partial charge in [-0.3, -0.25) is 0 Å². The Balaban J connectivity index is 2.57. The first kappa shape index (κ1) is 16.1. The van der Waals surface area contributed by atoms with Crippen LogP contribution in [0.2, 0.25) is 0 Å². The van der Waals surface area contributed by atoms with Crippen LogP contribution in [-0.4, -0.2) is 0 Å². The van der Waals surface area contributed by atoms with Gasteiger partial charge in [-0.2, -0.15) is 0 Å². The van der Waals surface area contributed by atoms with Crippen LogP contribution in [0.5, 0.6) is 0 Å². The molecule has 0 saturated heterocycles. The third kappa shape index (κ3) is 4.28. The average Bonchev–Trinajstić information content (AvgIpc) is 2.71. The Hall–Kier alpha value is 0. The van der Waals surface area contributed by atoms with Crippen molar-refractivity contribution >= 4 is 0 Å². The minimum absolute atomic E-state index is 0.867. The molecule has 5 atom stereocenters. The Kier molecular flexibility index (Phi) is 6.74. The fourth-order valence-electron chi connectivity index (χ4n) is 4.15. The van der Waals surface area contributed by atoms with Gasteiger partial charge in [-0.15, -0.1) is 0 Å². The second kappa shape index (κ2) is 7.56. The summed E-state index contributed by atoms with van der Waals surface area (Å²) in [5.41, 5.74) is 0. The first-order valence-electron chi connectivity index (χ1n) is 8.47. The van der Waals surface area contributed by atoms with Crippen LogP contribution in [0.1, 0.15) is 80.1 Å². The van der Waals surface area contributed by atoms with Gasteiger partial charge in [0, 0.05) is 0 Å². The first-order chi connectivity index (χ1) is 8.47. The van der Waals surface area contributed by atoms with Crippen LogP contribution in [0.15, 0.2) is 0 Å². The number of rotatable bonds is 7. The Labute approximate surface area is 116 Å². The third-order valence-corrected chi connectivity index (χ3v) is 5.69. The molecule has 0 bridgehead atoms. The van der Waals surface area contributed by atoms with Gasteiger partial charge >= 0.3 is 0 Å². The lowest BCUT2D eigenvalue weighted by Crippen LogP contribution is -2.26. The lowest BCUT2D eigenvalue weighted by molar-refractivity contribution is 0.156. The first-order valence-corrected chi connectivity index (χ1v) is 8.47. The molecule has 1 fully saturated rings. The molecule has 0 radical (unpaired) electrons. The summed E-state index contributed by atoms with van der Waals surface area (Å²) in [6.45, 7) is 14.7. The van der Waals surface area contributed by atoms with Crippen LogP contribution >= 0.6 is 0 Å². The second-order valence-electron chi connectivity index (χ2n) is 7.46. The van der Waals surface area contributed by atoms with Crippen molar-refractivity contribution in [3.05, 3.63) is 0 Å². The zero-order valence-corrected chi connectivity index (χ0v) is 13.7. The summed E-state index contributed by atoms with van der Waals surface area (Å²) < 4.78 is 0. The van der Waals surface area contributed by atoms with E-state index in [2.05, 4.69) is 41.5 Å². The molecule has 0 heteroatoms. The molecular weight excluding hydrogens is 216 g/mol. The molecule has 5 unspecified atom stereocenters. The van der Waals surface area contributed by atoms with Crippen LogP contribution in [0.4, 0.5) is 0 Å². The number of hydrogen-bond donors (Lipinski definition) is 0. The summed E-state index contributed by atoms with van der Waals surface area (Å²) >= 11 is 0. The van der Waals surface area contributed by atoms with E-state index in [4.69, 9.17) is 0 Å². The van der Waals surface area contributed by atoms with Crippen LogP contribution < -0.4 is 0 Å². The van der Waals surface area contributed by atoms with Crippen molar-refractivity contribution in [2.45, 2.75) is 80.1 Å². The normalized spacial score (nSPS) is 29.5. The Bertz CT molecular complexity index is 218. The molecule has 0 N–H and O–H groups in total. The predicted octanol–water partition coefficient (Wildman–Crippen LogP) is 6.16. The van der Waals surface area contributed by atoms with Crippen LogP contribution in [0.3, 0.4) is 0 Å². The van der Waals surface area contributed by atoms with E-state index in [1.807, 2.05) is 0 Å². The molecular formula is C18H36. The zero-order valence-electron chi connectivity index (χ0n) is 13.7. The lowest BCUT2D eigenvalue weighted by atomic mass is 9.72. The fourth-order valence-corrected chi connectivity index (χ4v) is 4.15. The summed E-state index contributed by atoms with van der Waals surface area (Å²) in [5, 5.41) is 0. The average molecular weight is 252 g/mol. The van der Waals surface area contributed by atoms with E-state index in [0.717, 1.165) is 35.5 Å². The van der Waals surface area contributed by atoms with Gasteiger partial charge in [-0.1, -0.05) is 67.2 Å². The molecule has 0 aromatic heterocycles. The van der Waals surface area contributed by atoms with E-state index >= 15 is 0 Å². The Morgan fingerprint density at radius 3 is 2.11 bits per heavy atom. The van der Waals surface area contributed by atoms with Gasteiger partial charge < -0.3 is 0 Å². The largest absolute Gasteiger partial charge is 0.0654 e. The summed E-state index contributed by atoms with van der Waals surface area (Å²) in [7, 11) is 0. The van der Waals surface area contributed by atoms with Crippen molar-refractivity contribution in [3.8, 4) is 0 Å². The van der Waals surface area contributed by atoms with E-state index in [1.165, 1.54) is 38.5 Å². The van der Waals surface area contributed by atoms with Crippen LogP contribution in [-0.2, 0) is 0 Å². The molecule has 1 aliphatic carbocycles. The Morgan fingerprint density at radius 1 is 1.00 bits per heavy atom. The molecule has 108 valence electrons. The molecule has 0 aliphatic heterocycles. The van der Waals surface area contributed by atoms with Gasteiger partial charge in [0.2, 0.25) is 0 Å². The highest BCUT2D eigenvalue weighted by molar-refractivity contribution is 4.83. The smallest absolute Gasteiger partial charge is 0.0358 e. The minimum Gasteiger partial charge on any atom is -0.0654 e. The van der Waals surface area contributed by atoms with E-state index in [9.17, 15) is 0 Å². The van der Waals surface area contributed by atoms with Gasteiger partial charge in [-0.05, 0) is 48.3 Å². The standard InChI is InChI=1S/C18H36/c1-7-9-14(4)16(6)12-18(13(2)3)17-11-8-10-15(17)5/h13-18H,7-12H2,1-6H3. The summed E-state index contributed by atoms with van der Waals surface area (Å²) in [5.74, 6) is 5.65. The summed E-state index contributed by atoms with van der Waals surface area (Å²) in [6.07, 6.45) is 8.68. The molecule has 0 amide bonds. The molecule has 0 heterocycles. The molecule has 0 spiro atoms. The maximum absolute atomic E-state index is 2.50. The third-order valence-electron chi connectivity index (χ3n) is 5.69. The van der Waals surface area contributed by atoms with Crippen LogP contribution in [0.25, 0.3) is 0 Å². The maximum Gasteiger partial charge on any atom is -0.0358 e. The molecule has 0 aromatic carbocycles. The highest BCUT2D eigenvalue weighted by Crippen LogP contribution is 2.43. The van der Waals surface area contributed by atoms with E-state index in [-0.39, 0.29) is 0 Å². The SMILES string of the molecule is CCCC(C)C(C)CC(C(C)C)C1CCCC1C. The molecule has 1 rings (SSSR count). The second-order valence-corrected chi connectivity index (χ2v) is 7.46. The summed E-state index contributed by atoms with van der Waals surface area (Å²) in [4.78, 5) is 0. The molecule has 0 nitrogen and oxygen atoms in total. The lowest BCUT2D eigenvalue weighted by Gasteiger charge is -2.34.